The summed E-state index contributed by atoms with van der Waals surface area (Å²) in [6, 6.07) is 10.8. The Kier molecular flexibility index (Phi) is 7.94. The van der Waals surface area contributed by atoms with Gasteiger partial charge in [0.15, 0.2) is 0 Å². The lowest BCUT2D eigenvalue weighted by molar-refractivity contribution is 1.14. The summed E-state index contributed by atoms with van der Waals surface area (Å²) < 4.78 is 4.58. The molecule has 0 saturated heterocycles. The number of hydrogen-bond acceptors (Lipinski definition) is 0. The molecule has 0 atom stereocenters. The van der Waals surface area contributed by atoms with Crippen LogP contribution in [0, 0.1) is 6.92 Å². The second-order valence-electron chi connectivity index (χ2n) is 8.82. The number of hydrogen-bond donors (Lipinski definition) is 0. The number of nitrogens with zero attached hydrogens (tertiary/aromatic N) is 2. The molecule has 0 fully saturated rings. The Balaban J connectivity index is 2.33. The van der Waals surface area contributed by atoms with E-state index in [1.54, 1.807) is 12.2 Å². The number of rotatable bonds is 10. The van der Waals surface area contributed by atoms with Gasteiger partial charge in [-0.25, -0.2) is 0 Å². The third-order valence-corrected chi connectivity index (χ3v) is 6.66. The van der Waals surface area contributed by atoms with Gasteiger partial charge in [-0.05, 0) is 61.9 Å². The predicted octanol–water partition coefficient (Wildman–Crippen LogP) is 10.3. The molecule has 4 aromatic rings. The highest BCUT2D eigenvalue weighted by Crippen LogP contribution is 2.42. The van der Waals surface area contributed by atoms with E-state index in [-0.39, 0.29) is 0 Å². The zero-order chi connectivity index (χ0) is 27.2. The van der Waals surface area contributed by atoms with Crippen molar-refractivity contribution in [3.63, 3.8) is 0 Å². The van der Waals surface area contributed by atoms with E-state index in [9.17, 15) is 0 Å². The van der Waals surface area contributed by atoms with Gasteiger partial charge in [0, 0.05) is 33.1 Å². The van der Waals surface area contributed by atoms with Crippen molar-refractivity contribution in [2.75, 3.05) is 0 Å². The molecule has 0 saturated carbocycles. The van der Waals surface area contributed by atoms with Crippen LogP contribution in [0.25, 0.3) is 56.3 Å². The van der Waals surface area contributed by atoms with Crippen LogP contribution in [0.1, 0.15) is 23.7 Å². The van der Waals surface area contributed by atoms with Crippen molar-refractivity contribution in [1.29, 1.82) is 0 Å². The van der Waals surface area contributed by atoms with E-state index in [1.807, 2.05) is 55.5 Å². The Morgan fingerprint density at radius 3 is 2.16 bits per heavy atom. The standard InChI is InChI=1S/C36H34N2/c1-8-14-16-21-27(12-5)37-34-24-18-17-23-30(34)32-25-31-29(22-15-9-2)33(13-6)38(28(19-10-3)20-11-4)36(31)26(7)35(32)37/h8-25H,1-3,5-6H2,4,7H3/b16-14-,20-11-,22-15-,27-21+,28-19+. The van der Waals surface area contributed by atoms with Gasteiger partial charge in [-0.2, -0.15) is 0 Å². The number of para-hydroxylation sites is 1. The molecule has 188 valence electrons. The van der Waals surface area contributed by atoms with Gasteiger partial charge >= 0.3 is 0 Å². The lowest BCUT2D eigenvalue weighted by Gasteiger charge is -2.14. The molecular formula is C36H34N2. The Hall–Kier alpha value is -4.82. The number of benzene rings is 2. The van der Waals surface area contributed by atoms with Crippen molar-refractivity contribution < 1.29 is 0 Å². The fourth-order valence-corrected chi connectivity index (χ4v) is 5.22. The highest BCUT2D eigenvalue weighted by atomic mass is 15.0. The summed E-state index contributed by atoms with van der Waals surface area (Å²) in [7, 11) is 0. The molecule has 2 heteroatoms. The molecule has 2 aromatic heterocycles. The van der Waals surface area contributed by atoms with Gasteiger partial charge in [-0.15, -0.1) is 0 Å². The first-order chi connectivity index (χ1) is 18.6. The van der Waals surface area contributed by atoms with Gasteiger partial charge in [-0.1, -0.05) is 99.7 Å². The topological polar surface area (TPSA) is 9.86 Å². The quantitative estimate of drug-likeness (QED) is 0.194. The lowest BCUT2D eigenvalue weighted by atomic mass is 10.0. The maximum Gasteiger partial charge on any atom is 0.0591 e. The first-order valence-corrected chi connectivity index (χ1v) is 12.7. The Morgan fingerprint density at radius 2 is 1.50 bits per heavy atom. The number of allylic oxidation sites excluding steroid dienone is 13. The number of aromatic nitrogens is 2. The monoisotopic (exact) mass is 494 g/mol. The Labute approximate surface area is 225 Å². The van der Waals surface area contributed by atoms with E-state index in [4.69, 9.17) is 0 Å². The summed E-state index contributed by atoms with van der Waals surface area (Å²) in [6.45, 7) is 24.2. The Bertz CT molecular complexity index is 1750. The third-order valence-electron chi connectivity index (χ3n) is 6.66. The molecule has 0 aliphatic rings. The number of fused-ring (bicyclic) bond motifs is 4. The van der Waals surface area contributed by atoms with Gasteiger partial charge in [-0.3, -0.25) is 0 Å². The minimum atomic E-state index is 0.987. The molecule has 0 amide bonds. The summed E-state index contributed by atoms with van der Waals surface area (Å²) in [6.07, 6.45) is 25.5. The summed E-state index contributed by atoms with van der Waals surface area (Å²) in [4.78, 5) is 0. The van der Waals surface area contributed by atoms with E-state index >= 15 is 0 Å². The molecule has 0 radical (unpaired) electrons. The van der Waals surface area contributed by atoms with Crippen molar-refractivity contribution in [3.8, 4) is 0 Å². The van der Waals surface area contributed by atoms with Crippen LogP contribution >= 0.6 is 0 Å². The van der Waals surface area contributed by atoms with Crippen LogP contribution in [0.4, 0.5) is 0 Å². The molecule has 0 unspecified atom stereocenters. The van der Waals surface area contributed by atoms with Crippen molar-refractivity contribution in [3.05, 3.63) is 147 Å². The summed E-state index contributed by atoms with van der Waals surface area (Å²) in [5.74, 6) is 0. The largest absolute Gasteiger partial charge is 0.309 e. The van der Waals surface area contributed by atoms with Crippen LogP contribution in [0.15, 0.2) is 130 Å². The van der Waals surface area contributed by atoms with Crippen molar-refractivity contribution in [2.24, 2.45) is 0 Å². The van der Waals surface area contributed by atoms with Gasteiger partial charge in [0.05, 0.1) is 22.2 Å². The normalized spacial score (nSPS) is 13.0. The fraction of sp³-hybridized carbons (Fsp3) is 0.0556. The summed E-state index contributed by atoms with van der Waals surface area (Å²) in [5.41, 5.74) is 8.68. The molecule has 0 spiro atoms. The minimum absolute atomic E-state index is 0.987. The average molecular weight is 495 g/mol. The first kappa shape index (κ1) is 26.2. The summed E-state index contributed by atoms with van der Waals surface area (Å²) in [5, 5.41) is 3.53. The molecule has 0 N–H and O–H groups in total. The molecule has 2 aromatic carbocycles. The van der Waals surface area contributed by atoms with E-state index in [0.29, 0.717) is 0 Å². The predicted molar refractivity (Wildman–Crippen MR) is 172 cm³/mol. The van der Waals surface area contributed by atoms with E-state index < -0.39 is 0 Å². The second kappa shape index (κ2) is 11.5. The van der Waals surface area contributed by atoms with Gasteiger partial charge in [0.2, 0.25) is 0 Å². The van der Waals surface area contributed by atoms with Crippen molar-refractivity contribution >= 4 is 56.3 Å². The highest BCUT2D eigenvalue weighted by Gasteiger charge is 2.23. The molecule has 4 rings (SSSR count). The molecule has 38 heavy (non-hydrogen) atoms. The van der Waals surface area contributed by atoms with Gasteiger partial charge in [0.1, 0.15) is 0 Å². The highest BCUT2D eigenvalue weighted by molar-refractivity contribution is 6.18. The first-order valence-electron chi connectivity index (χ1n) is 12.7. The zero-order valence-corrected chi connectivity index (χ0v) is 22.3. The molecule has 2 heterocycles. The van der Waals surface area contributed by atoms with Crippen LogP contribution in [0.5, 0.6) is 0 Å². The van der Waals surface area contributed by atoms with Crippen LogP contribution in [-0.2, 0) is 0 Å². The second-order valence-corrected chi connectivity index (χ2v) is 8.82. The van der Waals surface area contributed by atoms with E-state index in [2.05, 4.69) is 97.5 Å². The van der Waals surface area contributed by atoms with Crippen molar-refractivity contribution in [1.82, 2.24) is 9.13 Å². The molecule has 0 aliphatic carbocycles. The van der Waals surface area contributed by atoms with E-state index in [1.165, 1.54) is 10.8 Å². The van der Waals surface area contributed by atoms with E-state index in [0.717, 1.165) is 50.2 Å². The van der Waals surface area contributed by atoms with Crippen LogP contribution in [-0.4, -0.2) is 9.13 Å². The molecular weight excluding hydrogens is 460 g/mol. The maximum atomic E-state index is 4.19. The van der Waals surface area contributed by atoms with Gasteiger partial charge in [0.25, 0.3) is 0 Å². The SMILES string of the molecule is C=C/C=C\C=C(/C=C)n1c2ccccc2c2cc3c(/C=C\C=C)c(C=C)n(C(/C=C\C)=C/C=C)c3c(C)c21. The van der Waals surface area contributed by atoms with Gasteiger partial charge < -0.3 is 9.13 Å². The van der Waals surface area contributed by atoms with Crippen LogP contribution in [0.3, 0.4) is 0 Å². The number of aryl methyl sites for hydroxylation is 1. The molecule has 0 bridgehead atoms. The zero-order valence-electron chi connectivity index (χ0n) is 22.3. The van der Waals surface area contributed by atoms with Crippen LogP contribution < -0.4 is 0 Å². The summed E-state index contributed by atoms with van der Waals surface area (Å²) >= 11 is 0. The maximum absolute atomic E-state index is 4.19. The average Bonchev–Trinajstić information content (AvgIpc) is 3.43. The molecule has 0 aliphatic heterocycles. The third kappa shape index (κ3) is 4.31. The van der Waals surface area contributed by atoms with Crippen molar-refractivity contribution in [2.45, 2.75) is 13.8 Å². The Morgan fingerprint density at radius 1 is 0.763 bits per heavy atom. The fourth-order valence-electron chi connectivity index (χ4n) is 5.22. The smallest absolute Gasteiger partial charge is 0.0591 e. The van der Waals surface area contributed by atoms with Crippen LogP contribution in [0.2, 0.25) is 0 Å². The molecule has 2 nitrogen and oxygen atoms in total. The minimum Gasteiger partial charge on any atom is -0.309 e. The lowest BCUT2D eigenvalue weighted by Crippen LogP contribution is -2.01.